The predicted octanol–water partition coefficient (Wildman–Crippen LogP) is 1.66. The Bertz CT molecular complexity index is 759. The summed E-state index contributed by atoms with van der Waals surface area (Å²) < 4.78 is 5.20. The van der Waals surface area contributed by atoms with E-state index in [2.05, 4.69) is 20.3 Å². The lowest BCUT2D eigenvalue weighted by Crippen LogP contribution is -2.42. The monoisotopic (exact) mass is 356 g/mol. The number of piperidine rings is 1. The first-order valence-electron chi connectivity index (χ1n) is 8.62. The number of carbonyl (C=O) groups excluding carboxylic acids is 1. The fourth-order valence-corrected chi connectivity index (χ4v) is 2.99. The summed E-state index contributed by atoms with van der Waals surface area (Å²) >= 11 is 0. The topological polar surface area (TPSA) is 83.5 Å². The van der Waals surface area contributed by atoms with E-state index in [9.17, 15) is 4.79 Å². The van der Waals surface area contributed by atoms with Crippen molar-refractivity contribution in [3.63, 3.8) is 0 Å². The Balaban J connectivity index is 1.59. The van der Waals surface area contributed by atoms with Crippen LogP contribution in [-0.4, -0.2) is 66.1 Å². The Labute approximate surface area is 153 Å². The smallest absolute Gasteiger partial charge is 0.259 e. The highest BCUT2D eigenvalue weighted by Gasteiger charge is 2.26. The molecule has 1 aliphatic rings. The predicted molar refractivity (Wildman–Crippen MR) is 99.7 cm³/mol. The number of amides is 1. The molecule has 0 unspecified atom stereocenters. The van der Waals surface area contributed by atoms with Gasteiger partial charge in [0, 0.05) is 45.5 Å². The van der Waals surface area contributed by atoms with Crippen molar-refractivity contribution in [3.05, 3.63) is 36.3 Å². The van der Waals surface area contributed by atoms with Gasteiger partial charge in [0.15, 0.2) is 0 Å². The molecule has 0 saturated carbocycles. The van der Waals surface area contributed by atoms with Crippen LogP contribution in [0.15, 0.2) is 30.7 Å². The third-order valence-electron chi connectivity index (χ3n) is 4.44. The van der Waals surface area contributed by atoms with Gasteiger partial charge in [0.1, 0.15) is 23.5 Å². The van der Waals surface area contributed by atoms with Gasteiger partial charge in [0.2, 0.25) is 5.88 Å². The van der Waals surface area contributed by atoms with Crippen molar-refractivity contribution >= 4 is 17.5 Å². The first-order chi connectivity index (χ1) is 12.6. The fourth-order valence-electron chi connectivity index (χ4n) is 2.99. The molecule has 0 aliphatic carbocycles. The maximum Gasteiger partial charge on any atom is 0.259 e. The number of methoxy groups -OCH3 is 1. The van der Waals surface area contributed by atoms with Crippen LogP contribution in [0.25, 0.3) is 0 Å². The van der Waals surface area contributed by atoms with Crippen molar-refractivity contribution in [2.24, 2.45) is 0 Å². The average molecular weight is 356 g/mol. The average Bonchev–Trinajstić information content (AvgIpc) is 2.68. The highest BCUT2D eigenvalue weighted by Crippen LogP contribution is 2.21. The molecular weight excluding hydrogens is 332 g/mol. The molecule has 8 heteroatoms. The van der Waals surface area contributed by atoms with Crippen LogP contribution in [0.5, 0.6) is 5.88 Å². The van der Waals surface area contributed by atoms with Crippen LogP contribution in [0.1, 0.15) is 23.2 Å². The lowest BCUT2D eigenvalue weighted by atomic mass is 10.0. The van der Waals surface area contributed by atoms with E-state index in [0.717, 1.165) is 24.5 Å². The molecule has 1 fully saturated rings. The SMILES string of the molecule is COc1ncccc1C(=O)N1CCC(Nc2cc(N(C)C)ncn2)CC1. The van der Waals surface area contributed by atoms with Gasteiger partial charge in [-0.15, -0.1) is 0 Å². The van der Waals surface area contributed by atoms with Crippen LogP contribution in [0, 0.1) is 0 Å². The number of anilines is 2. The minimum absolute atomic E-state index is 0.0367. The quantitative estimate of drug-likeness (QED) is 0.872. The Kier molecular flexibility index (Phi) is 5.50. The number of likely N-dealkylation sites (tertiary alicyclic amines) is 1. The second-order valence-corrected chi connectivity index (χ2v) is 6.43. The molecule has 2 aromatic heterocycles. The van der Waals surface area contributed by atoms with Crippen LogP contribution in [0.4, 0.5) is 11.6 Å². The van der Waals surface area contributed by atoms with Crippen LogP contribution in [0.3, 0.4) is 0 Å². The van der Waals surface area contributed by atoms with Crippen LogP contribution in [-0.2, 0) is 0 Å². The molecule has 1 N–H and O–H groups in total. The molecule has 1 saturated heterocycles. The van der Waals surface area contributed by atoms with Crippen molar-refractivity contribution in [3.8, 4) is 5.88 Å². The van der Waals surface area contributed by atoms with E-state index < -0.39 is 0 Å². The second kappa shape index (κ2) is 7.99. The molecule has 0 bridgehead atoms. The van der Waals surface area contributed by atoms with Gasteiger partial charge in [-0.05, 0) is 25.0 Å². The number of hydrogen-bond acceptors (Lipinski definition) is 7. The molecule has 0 atom stereocenters. The molecule has 138 valence electrons. The van der Waals surface area contributed by atoms with Crippen molar-refractivity contribution in [1.82, 2.24) is 19.9 Å². The fraction of sp³-hybridized carbons (Fsp3) is 0.444. The second-order valence-electron chi connectivity index (χ2n) is 6.43. The van der Waals surface area contributed by atoms with E-state index in [1.54, 1.807) is 24.7 Å². The van der Waals surface area contributed by atoms with E-state index in [4.69, 9.17) is 4.74 Å². The molecule has 0 aromatic carbocycles. The zero-order chi connectivity index (χ0) is 18.5. The minimum Gasteiger partial charge on any atom is -0.480 e. The van der Waals surface area contributed by atoms with Crippen molar-refractivity contribution in [1.29, 1.82) is 0 Å². The Morgan fingerprint density at radius 3 is 2.73 bits per heavy atom. The van der Waals surface area contributed by atoms with Gasteiger partial charge in [-0.2, -0.15) is 0 Å². The maximum atomic E-state index is 12.7. The van der Waals surface area contributed by atoms with Gasteiger partial charge >= 0.3 is 0 Å². The van der Waals surface area contributed by atoms with Gasteiger partial charge < -0.3 is 19.9 Å². The summed E-state index contributed by atoms with van der Waals surface area (Å²) in [7, 11) is 5.42. The van der Waals surface area contributed by atoms with E-state index >= 15 is 0 Å². The number of nitrogens with one attached hydrogen (secondary N) is 1. The van der Waals surface area contributed by atoms with Crippen molar-refractivity contribution in [2.45, 2.75) is 18.9 Å². The highest BCUT2D eigenvalue weighted by atomic mass is 16.5. The first-order valence-corrected chi connectivity index (χ1v) is 8.62. The molecule has 1 amide bonds. The number of carbonyl (C=O) groups is 1. The zero-order valence-electron chi connectivity index (χ0n) is 15.3. The molecule has 2 aromatic rings. The Morgan fingerprint density at radius 2 is 2.04 bits per heavy atom. The maximum absolute atomic E-state index is 12.7. The van der Waals surface area contributed by atoms with Gasteiger partial charge in [-0.25, -0.2) is 15.0 Å². The third-order valence-corrected chi connectivity index (χ3v) is 4.44. The molecule has 0 radical (unpaired) electrons. The van der Waals surface area contributed by atoms with Crippen molar-refractivity contribution in [2.75, 3.05) is 44.5 Å². The number of ether oxygens (including phenoxy) is 1. The van der Waals surface area contributed by atoms with Crippen LogP contribution >= 0.6 is 0 Å². The summed E-state index contributed by atoms with van der Waals surface area (Å²) in [5.41, 5.74) is 0.507. The van der Waals surface area contributed by atoms with Crippen LogP contribution < -0.4 is 15.0 Å². The number of hydrogen-bond donors (Lipinski definition) is 1. The molecule has 0 spiro atoms. The minimum atomic E-state index is -0.0367. The molecular formula is C18H24N6O2. The summed E-state index contributed by atoms with van der Waals surface area (Å²) in [6.07, 6.45) is 4.89. The third kappa shape index (κ3) is 4.01. The van der Waals surface area contributed by atoms with Gasteiger partial charge in [-0.1, -0.05) is 0 Å². The van der Waals surface area contributed by atoms with E-state index in [0.29, 0.717) is 24.5 Å². The summed E-state index contributed by atoms with van der Waals surface area (Å²) in [6.45, 7) is 1.36. The van der Waals surface area contributed by atoms with Gasteiger partial charge in [0.25, 0.3) is 5.91 Å². The molecule has 8 nitrogen and oxygen atoms in total. The van der Waals surface area contributed by atoms with E-state index in [-0.39, 0.29) is 11.9 Å². The number of aromatic nitrogens is 3. The van der Waals surface area contributed by atoms with Gasteiger partial charge in [-0.3, -0.25) is 4.79 Å². The van der Waals surface area contributed by atoms with Crippen molar-refractivity contribution < 1.29 is 9.53 Å². The van der Waals surface area contributed by atoms with Crippen LogP contribution in [0.2, 0.25) is 0 Å². The standard InChI is InChI=1S/C18H24N6O2/c1-23(2)16-11-15(20-12-21-16)22-13-6-9-24(10-7-13)18(25)14-5-4-8-19-17(14)26-3/h4-5,8,11-13H,6-7,9-10H2,1-3H3,(H,20,21,22). The molecule has 1 aliphatic heterocycles. The molecule has 3 heterocycles. The lowest BCUT2D eigenvalue weighted by molar-refractivity contribution is 0.0714. The summed E-state index contributed by atoms with van der Waals surface area (Å²) in [5.74, 6) is 2.00. The Morgan fingerprint density at radius 1 is 1.27 bits per heavy atom. The lowest BCUT2D eigenvalue weighted by Gasteiger charge is -2.32. The number of nitrogens with zero attached hydrogens (tertiary/aromatic N) is 5. The summed E-state index contributed by atoms with van der Waals surface area (Å²) in [6, 6.07) is 5.71. The first kappa shape index (κ1) is 17.9. The summed E-state index contributed by atoms with van der Waals surface area (Å²) in [5, 5.41) is 3.45. The largest absolute Gasteiger partial charge is 0.480 e. The molecule has 26 heavy (non-hydrogen) atoms. The van der Waals surface area contributed by atoms with E-state index in [1.165, 1.54) is 7.11 Å². The molecule has 3 rings (SSSR count). The van der Waals surface area contributed by atoms with Gasteiger partial charge in [0.05, 0.1) is 7.11 Å². The zero-order valence-corrected chi connectivity index (χ0v) is 15.3. The normalized spacial score (nSPS) is 14.8. The Hall–Kier alpha value is -2.90. The van der Waals surface area contributed by atoms with E-state index in [1.807, 2.05) is 30.0 Å². The number of rotatable bonds is 5. The summed E-state index contributed by atoms with van der Waals surface area (Å²) in [4.78, 5) is 29.1. The number of pyridine rings is 1. The highest BCUT2D eigenvalue weighted by molar-refractivity contribution is 5.96.